The maximum atomic E-state index is 11.9. The first kappa shape index (κ1) is 12.6. The minimum absolute atomic E-state index is 0.0123. The molecule has 18 heavy (non-hydrogen) atoms. The zero-order chi connectivity index (χ0) is 13.0. The quantitative estimate of drug-likeness (QED) is 0.798. The van der Waals surface area contributed by atoms with Crippen molar-refractivity contribution in [3.05, 3.63) is 35.9 Å². The highest BCUT2D eigenvalue weighted by Gasteiger charge is 2.39. The number of carbonyl (C=O) groups is 2. The largest absolute Gasteiger partial charge is 0.459 e. The van der Waals surface area contributed by atoms with Crippen LogP contribution in [0.3, 0.4) is 0 Å². The Morgan fingerprint density at radius 3 is 2.83 bits per heavy atom. The topological polar surface area (TPSA) is 64.6 Å². The molecule has 0 bridgehead atoms. The van der Waals surface area contributed by atoms with Gasteiger partial charge in [0.15, 0.2) is 5.54 Å². The van der Waals surface area contributed by atoms with Crippen molar-refractivity contribution in [1.82, 2.24) is 5.32 Å². The highest BCUT2D eigenvalue weighted by molar-refractivity contribution is 5.89. The molecule has 1 N–H and O–H groups in total. The van der Waals surface area contributed by atoms with E-state index in [1.165, 1.54) is 0 Å². The Bertz CT molecular complexity index is 446. The van der Waals surface area contributed by atoms with E-state index in [4.69, 9.17) is 9.47 Å². The minimum atomic E-state index is -1.09. The van der Waals surface area contributed by atoms with E-state index in [0.29, 0.717) is 0 Å². The van der Waals surface area contributed by atoms with Gasteiger partial charge in [-0.25, -0.2) is 4.79 Å². The van der Waals surface area contributed by atoms with Crippen molar-refractivity contribution >= 4 is 11.9 Å². The number of hydrogen-bond donors (Lipinski definition) is 1. The molecular weight excluding hydrogens is 234 g/mol. The Balaban J connectivity index is 1.93. The van der Waals surface area contributed by atoms with Crippen LogP contribution >= 0.6 is 0 Å². The number of carbonyl (C=O) groups excluding carboxylic acids is 2. The lowest BCUT2D eigenvalue weighted by atomic mass is 10.0. The molecule has 1 heterocycles. The number of rotatable bonds is 3. The Labute approximate surface area is 105 Å². The first-order chi connectivity index (χ1) is 8.60. The molecule has 5 nitrogen and oxygen atoms in total. The summed E-state index contributed by atoms with van der Waals surface area (Å²) in [7, 11) is 0. The highest BCUT2D eigenvalue weighted by Crippen LogP contribution is 2.13. The molecule has 0 radical (unpaired) electrons. The molecule has 1 fully saturated rings. The van der Waals surface area contributed by atoms with Gasteiger partial charge in [-0.3, -0.25) is 4.79 Å². The van der Waals surface area contributed by atoms with Gasteiger partial charge in [0.05, 0.1) is 6.61 Å². The van der Waals surface area contributed by atoms with Crippen LogP contribution in [0.2, 0.25) is 0 Å². The number of nitrogens with one attached hydrogen (secondary N) is 1. The number of benzene rings is 1. The molecule has 1 saturated heterocycles. The molecule has 2 rings (SSSR count). The van der Waals surface area contributed by atoms with Crippen LogP contribution in [-0.2, 0) is 25.7 Å². The van der Waals surface area contributed by atoms with Gasteiger partial charge < -0.3 is 14.8 Å². The summed E-state index contributed by atoms with van der Waals surface area (Å²) in [6.07, 6.45) is 0. The highest BCUT2D eigenvalue weighted by atomic mass is 16.5. The molecule has 1 aliphatic rings. The van der Waals surface area contributed by atoms with Crippen molar-refractivity contribution in [3.8, 4) is 0 Å². The summed E-state index contributed by atoms with van der Waals surface area (Å²) in [5, 5.41) is 2.59. The zero-order valence-electron chi connectivity index (χ0n) is 10.1. The third-order valence-corrected chi connectivity index (χ3v) is 2.70. The lowest BCUT2D eigenvalue weighted by molar-refractivity contribution is -0.162. The van der Waals surface area contributed by atoms with Crippen molar-refractivity contribution in [2.24, 2.45) is 0 Å². The van der Waals surface area contributed by atoms with Crippen molar-refractivity contribution < 1.29 is 19.1 Å². The van der Waals surface area contributed by atoms with Crippen molar-refractivity contribution in [1.29, 1.82) is 0 Å². The predicted octanol–water partition coefficient (Wildman–Crippen LogP) is 0.635. The first-order valence-electron chi connectivity index (χ1n) is 5.70. The summed E-state index contributed by atoms with van der Waals surface area (Å²) in [5.74, 6) is -0.792. The van der Waals surface area contributed by atoms with Crippen molar-refractivity contribution in [2.75, 3.05) is 13.2 Å². The Hall–Kier alpha value is -1.88. The van der Waals surface area contributed by atoms with E-state index < -0.39 is 11.5 Å². The van der Waals surface area contributed by atoms with Gasteiger partial charge in [-0.05, 0) is 12.5 Å². The predicted molar refractivity (Wildman–Crippen MR) is 63.6 cm³/mol. The van der Waals surface area contributed by atoms with Crippen LogP contribution < -0.4 is 5.32 Å². The van der Waals surface area contributed by atoms with Gasteiger partial charge in [0, 0.05) is 0 Å². The monoisotopic (exact) mass is 249 g/mol. The summed E-state index contributed by atoms with van der Waals surface area (Å²) in [4.78, 5) is 23.1. The van der Waals surface area contributed by atoms with Crippen LogP contribution in [0.25, 0.3) is 0 Å². The van der Waals surface area contributed by atoms with Gasteiger partial charge in [-0.15, -0.1) is 0 Å². The number of ether oxygens (including phenoxy) is 2. The van der Waals surface area contributed by atoms with Crippen molar-refractivity contribution in [3.63, 3.8) is 0 Å². The van der Waals surface area contributed by atoms with E-state index in [-0.39, 0.29) is 25.7 Å². The van der Waals surface area contributed by atoms with E-state index in [0.717, 1.165) is 5.56 Å². The third kappa shape index (κ3) is 2.87. The molecule has 96 valence electrons. The molecular formula is C13H15NO4. The van der Waals surface area contributed by atoms with E-state index in [1.807, 2.05) is 30.3 Å². The third-order valence-electron chi connectivity index (χ3n) is 2.70. The Morgan fingerprint density at radius 2 is 2.17 bits per heavy atom. The molecule has 0 aromatic heterocycles. The van der Waals surface area contributed by atoms with Crippen LogP contribution in [0, 0.1) is 0 Å². The lowest BCUT2D eigenvalue weighted by Crippen LogP contribution is -2.60. The molecule has 1 atom stereocenters. The summed E-state index contributed by atoms with van der Waals surface area (Å²) in [6.45, 7) is 1.90. The average Bonchev–Trinajstić information content (AvgIpc) is 2.37. The molecule has 1 aliphatic heterocycles. The second-order valence-electron chi connectivity index (χ2n) is 4.43. The Morgan fingerprint density at radius 1 is 1.44 bits per heavy atom. The summed E-state index contributed by atoms with van der Waals surface area (Å²) in [6, 6.07) is 9.37. The lowest BCUT2D eigenvalue weighted by Gasteiger charge is -2.31. The van der Waals surface area contributed by atoms with Gasteiger partial charge in [0.25, 0.3) is 0 Å². The van der Waals surface area contributed by atoms with Crippen LogP contribution in [0.4, 0.5) is 0 Å². The van der Waals surface area contributed by atoms with Gasteiger partial charge in [-0.2, -0.15) is 0 Å². The van der Waals surface area contributed by atoms with E-state index >= 15 is 0 Å². The smallest absolute Gasteiger partial charge is 0.334 e. The second-order valence-corrected chi connectivity index (χ2v) is 4.43. The van der Waals surface area contributed by atoms with Crippen molar-refractivity contribution in [2.45, 2.75) is 19.1 Å². The molecule has 0 aliphatic carbocycles. The minimum Gasteiger partial charge on any atom is -0.459 e. The first-order valence-corrected chi connectivity index (χ1v) is 5.70. The summed E-state index contributed by atoms with van der Waals surface area (Å²) < 4.78 is 10.2. The maximum Gasteiger partial charge on any atom is 0.334 e. The van der Waals surface area contributed by atoms with E-state index in [2.05, 4.69) is 5.32 Å². The number of morpholine rings is 1. The second kappa shape index (κ2) is 5.18. The average molecular weight is 249 g/mol. The SMILES string of the molecule is CC1(C(=O)OCc2ccccc2)COCC(=O)N1. The summed E-state index contributed by atoms with van der Waals surface area (Å²) in [5.41, 5.74) is -0.193. The van der Waals surface area contributed by atoms with Crippen LogP contribution in [0.5, 0.6) is 0 Å². The molecule has 5 heteroatoms. The number of esters is 1. The number of hydrogen-bond acceptors (Lipinski definition) is 4. The maximum absolute atomic E-state index is 11.9. The zero-order valence-corrected chi connectivity index (χ0v) is 10.1. The van der Waals surface area contributed by atoms with Crippen LogP contribution in [0.1, 0.15) is 12.5 Å². The fraction of sp³-hybridized carbons (Fsp3) is 0.385. The molecule has 0 spiro atoms. The normalized spacial score (nSPS) is 23.3. The van der Waals surface area contributed by atoms with E-state index in [1.54, 1.807) is 6.92 Å². The van der Waals surface area contributed by atoms with Gasteiger partial charge in [-0.1, -0.05) is 30.3 Å². The van der Waals surface area contributed by atoms with Gasteiger partial charge >= 0.3 is 5.97 Å². The number of amides is 1. The van der Waals surface area contributed by atoms with Crippen LogP contribution in [0.15, 0.2) is 30.3 Å². The molecule has 1 aromatic carbocycles. The van der Waals surface area contributed by atoms with Gasteiger partial charge in [0.2, 0.25) is 5.91 Å². The summed E-state index contributed by atoms with van der Waals surface area (Å²) >= 11 is 0. The standard InChI is InChI=1S/C13H15NO4/c1-13(9-17-8-11(15)14-13)12(16)18-7-10-5-3-2-4-6-10/h2-6H,7-9H2,1H3,(H,14,15). The van der Waals surface area contributed by atoms with Crippen LogP contribution in [-0.4, -0.2) is 30.6 Å². The molecule has 1 unspecified atom stereocenters. The molecule has 0 saturated carbocycles. The van der Waals surface area contributed by atoms with E-state index in [9.17, 15) is 9.59 Å². The fourth-order valence-corrected chi connectivity index (χ4v) is 1.72. The Kier molecular flexibility index (Phi) is 3.62. The molecule has 1 aromatic rings. The van der Waals surface area contributed by atoms with Gasteiger partial charge in [0.1, 0.15) is 13.2 Å². The molecule has 1 amide bonds. The fourth-order valence-electron chi connectivity index (χ4n) is 1.72.